The molecule has 1 aliphatic rings. The number of hydrogen-bond acceptors (Lipinski definition) is 4. The molecule has 23 heavy (non-hydrogen) atoms. The summed E-state index contributed by atoms with van der Waals surface area (Å²) in [4.78, 5) is 10.9. The molecular formula is C16H23Cl2NO4. The SMILES string of the molecule is COCC1(c2cc(Cl)cc(C(N)CC(=O)O)c2)CCOCC1.Cl. The third-order valence-electron chi connectivity index (χ3n) is 4.23. The zero-order chi connectivity index (χ0) is 16.2. The van der Waals surface area contributed by atoms with Crippen LogP contribution in [0.5, 0.6) is 0 Å². The van der Waals surface area contributed by atoms with Gasteiger partial charge in [0.25, 0.3) is 0 Å². The summed E-state index contributed by atoms with van der Waals surface area (Å²) < 4.78 is 10.9. The van der Waals surface area contributed by atoms with E-state index >= 15 is 0 Å². The Morgan fingerprint density at radius 3 is 2.65 bits per heavy atom. The van der Waals surface area contributed by atoms with Crippen LogP contribution in [0.1, 0.15) is 36.4 Å². The number of rotatable bonds is 6. The zero-order valence-electron chi connectivity index (χ0n) is 13.1. The first-order chi connectivity index (χ1) is 10.5. The van der Waals surface area contributed by atoms with Gasteiger partial charge in [-0.2, -0.15) is 0 Å². The summed E-state index contributed by atoms with van der Waals surface area (Å²) in [5.74, 6) is -0.924. The van der Waals surface area contributed by atoms with Crippen molar-refractivity contribution in [2.75, 3.05) is 26.9 Å². The first-order valence-corrected chi connectivity index (χ1v) is 7.70. The Hall–Kier alpha value is -0.850. The number of carboxylic acids is 1. The summed E-state index contributed by atoms with van der Waals surface area (Å²) in [5, 5.41) is 9.48. The predicted molar refractivity (Wildman–Crippen MR) is 91.5 cm³/mol. The molecule has 3 N–H and O–H groups in total. The summed E-state index contributed by atoms with van der Waals surface area (Å²) in [6.45, 7) is 1.92. The van der Waals surface area contributed by atoms with Crippen molar-refractivity contribution >= 4 is 30.0 Å². The molecule has 0 bridgehead atoms. The summed E-state index contributed by atoms with van der Waals surface area (Å²) >= 11 is 6.24. The number of carboxylic acid groups (broad SMARTS) is 1. The molecule has 1 heterocycles. The molecule has 1 atom stereocenters. The van der Waals surface area contributed by atoms with Crippen LogP contribution < -0.4 is 5.73 Å². The van der Waals surface area contributed by atoms with E-state index in [1.54, 1.807) is 13.2 Å². The van der Waals surface area contributed by atoms with Crippen molar-refractivity contribution in [3.63, 3.8) is 0 Å². The van der Waals surface area contributed by atoms with Gasteiger partial charge in [0.2, 0.25) is 0 Å². The van der Waals surface area contributed by atoms with Gasteiger partial charge in [-0.25, -0.2) is 0 Å². The third-order valence-corrected chi connectivity index (χ3v) is 4.44. The minimum atomic E-state index is -0.924. The molecule has 0 radical (unpaired) electrons. The second-order valence-corrected chi connectivity index (χ2v) is 6.24. The van der Waals surface area contributed by atoms with Crippen LogP contribution in [0.4, 0.5) is 0 Å². The van der Waals surface area contributed by atoms with E-state index in [1.807, 2.05) is 12.1 Å². The highest BCUT2D eigenvalue weighted by Gasteiger charge is 2.35. The second-order valence-electron chi connectivity index (χ2n) is 5.80. The summed E-state index contributed by atoms with van der Waals surface area (Å²) in [5.41, 5.74) is 7.61. The van der Waals surface area contributed by atoms with E-state index in [4.69, 9.17) is 31.9 Å². The molecule has 1 aliphatic heterocycles. The van der Waals surface area contributed by atoms with Crippen LogP contribution in [0.3, 0.4) is 0 Å². The molecule has 130 valence electrons. The predicted octanol–water partition coefficient (Wildman–Crippen LogP) is 2.93. The standard InChI is InChI=1S/C16H22ClNO4.ClH/c1-21-10-16(2-4-22-5-3-16)12-6-11(7-13(17)8-12)14(18)9-15(19)20;/h6-8,14H,2-5,9-10,18H2,1H3,(H,19,20);1H. The Bertz CT molecular complexity index is 527. The summed E-state index contributed by atoms with van der Waals surface area (Å²) in [6, 6.07) is 5.04. The number of carbonyl (C=O) groups is 1. The van der Waals surface area contributed by atoms with Crippen molar-refractivity contribution in [3.05, 3.63) is 34.3 Å². The van der Waals surface area contributed by atoms with Gasteiger partial charge in [-0.3, -0.25) is 4.79 Å². The van der Waals surface area contributed by atoms with Gasteiger partial charge in [0.15, 0.2) is 0 Å². The Morgan fingerprint density at radius 1 is 1.43 bits per heavy atom. The van der Waals surface area contributed by atoms with Crippen molar-refractivity contribution in [2.45, 2.75) is 30.7 Å². The minimum Gasteiger partial charge on any atom is -0.481 e. The molecule has 1 fully saturated rings. The van der Waals surface area contributed by atoms with E-state index in [2.05, 4.69) is 0 Å². The topological polar surface area (TPSA) is 81.8 Å². The highest BCUT2D eigenvalue weighted by Crippen LogP contribution is 2.37. The van der Waals surface area contributed by atoms with Gasteiger partial charge in [-0.15, -0.1) is 12.4 Å². The number of hydrogen-bond donors (Lipinski definition) is 2. The molecule has 2 rings (SSSR count). The summed E-state index contributed by atoms with van der Waals surface area (Å²) in [6.07, 6.45) is 1.56. The largest absolute Gasteiger partial charge is 0.481 e. The van der Waals surface area contributed by atoms with Crippen LogP contribution in [0, 0.1) is 0 Å². The van der Waals surface area contributed by atoms with Gasteiger partial charge in [-0.05, 0) is 36.1 Å². The molecule has 1 aromatic carbocycles. The lowest BCUT2D eigenvalue weighted by Crippen LogP contribution is -2.38. The highest BCUT2D eigenvalue weighted by molar-refractivity contribution is 6.30. The Kier molecular flexibility index (Phi) is 7.77. The van der Waals surface area contributed by atoms with Crippen molar-refractivity contribution in [1.82, 2.24) is 0 Å². The lowest BCUT2D eigenvalue weighted by atomic mass is 9.74. The van der Waals surface area contributed by atoms with Crippen LogP contribution in [0.2, 0.25) is 5.02 Å². The monoisotopic (exact) mass is 363 g/mol. The smallest absolute Gasteiger partial charge is 0.305 e. The van der Waals surface area contributed by atoms with Gasteiger partial charge < -0.3 is 20.3 Å². The van der Waals surface area contributed by atoms with Crippen LogP contribution in [0.25, 0.3) is 0 Å². The van der Waals surface area contributed by atoms with E-state index < -0.39 is 12.0 Å². The third kappa shape index (κ3) is 5.06. The number of methoxy groups -OCH3 is 1. The Labute approximate surface area is 147 Å². The molecule has 0 spiro atoms. The molecule has 1 aromatic rings. The number of benzene rings is 1. The molecule has 0 aliphatic carbocycles. The maximum atomic E-state index is 10.9. The average molecular weight is 364 g/mol. The lowest BCUT2D eigenvalue weighted by Gasteiger charge is -2.37. The number of nitrogens with two attached hydrogens (primary N) is 1. The summed E-state index contributed by atoms with van der Waals surface area (Å²) in [7, 11) is 1.68. The fourth-order valence-corrected chi connectivity index (χ4v) is 3.24. The lowest BCUT2D eigenvalue weighted by molar-refractivity contribution is -0.137. The Balaban J connectivity index is 0.00000264. The minimum absolute atomic E-state index is 0. The fourth-order valence-electron chi connectivity index (χ4n) is 2.99. The molecular weight excluding hydrogens is 341 g/mol. The van der Waals surface area contributed by atoms with E-state index in [-0.39, 0.29) is 24.2 Å². The highest BCUT2D eigenvalue weighted by atomic mass is 35.5. The van der Waals surface area contributed by atoms with Crippen molar-refractivity contribution in [3.8, 4) is 0 Å². The average Bonchev–Trinajstić information content (AvgIpc) is 2.47. The molecule has 1 unspecified atom stereocenters. The maximum absolute atomic E-state index is 10.9. The molecule has 5 nitrogen and oxygen atoms in total. The first kappa shape index (κ1) is 20.2. The quantitative estimate of drug-likeness (QED) is 0.811. The molecule has 0 amide bonds. The normalized spacial score (nSPS) is 18.0. The maximum Gasteiger partial charge on any atom is 0.305 e. The molecule has 1 saturated heterocycles. The van der Waals surface area contributed by atoms with Gasteiger partial charge in [0.05, 0.1) is 13.0 Å². The van der Waals surface area contributed by atoms with E-state index in [1.165, 1.54) is 0 Å². The fraction of sp³-hybridized carbons (Fsp3) is 0.562. The number of halogens is 2. The van der Waals surface area contributed by atoms with Crippen LogP contribution >= 0.6 is 24.0 Å². The molecule has 7 heteroatoms. The van der Waals surface area contributed by atoms with Crippen molar-refractivity contribution < 1.29 is 19.4 Å². The molecule has 0 saturated carbocycles. The number of ether oxygens (including phenoxy) is 2. The van der Waals surface area contributed by atoms with Crippen molar-refractivity contribution in [2.24, 2.45) is 5.73 Å². The van der Waals surface area contributed by atoms with Crippen LogP contribution in [-0.2, 0) is 19.7 Å². The van der Waals surface area contributed by atoms with Gasteiger partial charge >= 0.3 is 5.97 Å². The Morgan fingerprint density at radius 2 is 2.09 bits per heavy atom. The van der Waals surface area contributed by atoms with Crippen molar-refractivity contribution in [1.29, 1.82) is 0 Å². The number of aliphatic carboxylic acids is 1. The van der Waals surface area contributed by atoms with Gasteiger partial charge in [0, 0.05) is 36.8 Å². The van der Waals surface area contributed by atoms with Crippen LogP contribution in [0.15, 0.2) is 18.2 Å². The zero-order valence-corrected chi connectivity index (χ0v) is 14.7. The van der Waals surface area contributed by atoms with E-state index in [0.29, 0.717) is 24.8 Å². The van der Waals surface area contributed by atoms with E-state index in [9.17, 15) is 4.79 Å². The van der Waals surface area contributed by atoms with Gasteiger partial charge in [-0.1, -0.05) is 17.7 Å². The van der Waals surface area contributed by atoms with Gasteiger partial charge in [0.1, 0.15) is 0 Å². The molecule has 0 aromatic heterocycles. The van der Waals surface area contributed by atoms with Crippen LogP contribution in [-0.4, -0.2) is 38.0 Å². The van der Waals surface area contributed by atoms with E-state index in [0.717, 1.165) is 24.0 Å². The first-order valence-electron chi connectivity index (χ1n) is 7.32. The second kappa shape index (κ2) is 8.85.